The third kappa shape index (κ3) is 3.73. The highest BCUT2D eigenvalue weighted by atomic mass is 16.5. The molecule has 3 aromatic carbocycles. The van der Waals surface area contributed by atoms with Crippen LogP contribution in [0.2, 0.25) is 0 Å². The van der Waals surface area contributed by atoms with Crippen LogP contribution in [0.25, 0.3) is 11.1 Å². The first-order chi connectivity index (χ1) is 15.2. The van der Waals surface area contributed by atoms with Crippen molar-refractivity contribution >= 4 is 12.2 Å². The van der Waals surface area contributed by atoms with Crippen molar-refractivity contribution in [1.82, 2.24) is 5.01 Å². The Labute approximate surface area is 182 Å². The largest absolute Gasteiger partial charge is 0.465 e. The Kier molecular flexibility index (Phi) is 5.26. The molecule has 1 N–H and O–H groups in total. The van der Waals surface area contributed by atoms with E-state index < -0.39 is 0 Å². The predicted molar refractivity (Wildman–Crippen MR) is 121 cm³/mol. The second-order valence-corrected chi connectivity index (χ2v) is 8.08. The van der Waals surface area contributed by atoms with Crippen LogP contribution in [-0.2, 0) is 4.74 Å². The van der Waals surface area contributed by atoms with Crippen molar-refractivity contribution in [3.8, 4) is 11.1 Å². The molecule has 0 radical (unpaired) electrons. The van der Waals surface area contributed by atoms with E-state index in [0.29, 0.717) is 11.6 Å². The molecule has 0 saturated carbocycles. The third-order valence-corrected chi connectivity index (χ3v) is 6.33. The molecule has 1 fully saturated rings. The summed E-state index contributed by atoms with van der Waals surface area (Å²) in [7, 11) is 1.39. The summed E-state index contributed by atoms with van der Waals surface area (Å²) in [6.45, 7) is 3.94. The summed E-state index contributed by atoms with van der Waals surface area (Å²) in [6, 6.07) is 25.4. The lowest BCUT2D eigenvalue weighted by Gasteiger charge is -2.34. The zero-order valence-electron chi connectivity index (χ0n) is 17.6. The number of rotatable bonds is 4. The highest BCUT2D eigenvalue weighted by Crippen LogP contribution is 2.41. The van der Waals surface area contributed by atoms with E-state index in [2.05, 4.69) is 58.6 Å². The number of ether oxygens (including phenoxy) is 1. The molecule has 1 heterocycles. The maximum Gasteiger partial charge on any atom is 0.337 e. The van der Waals surface area contributed by atoms with E-state index in [0.717, 1.165) is 31.7 Å². The van der Waals surface area contributed by atoms with E-state index in [4.69, 9.17) is 4.74 Å². The Morgan fingerprint density at radius 1 is 0.935 bits per heavy atom. The molecule has 1 aliphatic heterocycles. The van der Waals surface area contributed by atoms with Gasteiger partial charge in [0, 0.05) is 11.1 Å². The fraction of sp³-hybridized carbons (Fsp3) is 0.231. The van der Waals surface area contributed by atoms with Gasteiger partial charge in [-0.1, -0.05) is 60.7 Å². The average Bonchev–Trinajstić information content (AvgIpc) is 3.17. The van der Waals surface area contributed by atoms with Crippen LogP contribution in [-0.4, -0.2) is 50.5 Å². The van der Waals surface area contributed by atoms with Crippen LogP contribution >= 0.6 is 0 Å². The minimum atomic E-state index is -0.322. The molecular formula is C26H26N3O2+. The Hall–Kier alpha value is -3.44. The van der Waals surface area contributed by atoms with Crippen LogP contribution in [0, 0.1) is 0 Å². The van der Waals surface area contributed by atoms with Gasteiger partial charge in [-0.2, -0.15) is 5.10 Å². The van der Waals surface area contributed by atoms with Crippen LogP contribution in [0.15, 0.2) is 77.9 Å². The summed E-state index contributed by atoms with van der Waals surface area (Å²) in [5, 5.41) is 6.82. The Balaban J connectivity index is 1.26. The van der Waals surface area contributed by atoms with Crippen LogP contribution in [0.5, 0.6) is 0 Å². The highest BCUT2D eigenvalue weighted by Gasteiger charge is 2.37. The topological polar surface area (TPSA) is 46.3 Å². The lowest BCUT2D eigenvalue weighted by Crippen LogP contribution is -3.14. The van der Waals surface area contributed by atoms with Crippen LogP contribution < -0.4 is 4.90 Å². The molecule has 5 heteroatoms. The summed E-state index contributed by atoms with van der Waals surface area (Å²) in [5.41, 5.74) is 7.18. The van der Waals surface area contributed by atoms with Crippen molar-refractivity contribution in [2.75, 3.05) is 33.3 Å². The molecule has 0 amide bonds. The zero-order valence-corrected chi connectivity index (χ0v) is 17.6. The second kappa shape index (κ2) is 8.36. The lowest BCUT2D eigenvalue weighted by molar-refractivity contribution is -0.929. The Morgan fingerprint density at radius 3 is 2.10 bits per heavy atom. The van der Waals surface area contributed by atoms with E-state index in [1.54, 1.807) is 17.0 Å². The van der Waals surface area contributed by atoms with Crippen LogP contribution in [0.3, 0.4) is 0 Å². The molecule has 0 aromatic heterocycles. The normalized spacial score (nSPS) is 16.4. The number of nitrogens with one attached hydrogen (secondary N) is 1. The standard InChI is InChI=1S/C26H25N3O2/c1-31-26(30)20-12-10-19(11-13-20)18-27-29-16-14-28(15-17-29)25-23-8-4-2-6-21(23)22-7-3-5-9-24(22)25/h2-13,18,25H,14-17H2,1H3/p+1/b27-18-. The van der Waals surface area contributed by atoms with Crippen molar-refractivity contribution in [1.29, 1.82) is 0 Å². The number of hydrogen-bond acceptors (Lipinski definition) is 4. The number of hydrazone groups is 1. The molecule has 156 valence electrons. The zero-order chi connectivity index (χ0) is 21.2. The first kappa shape index (κ1) is 19.5. The molecule has 1 aliphatic carbocycles. The number of carbonyl (C=O) groups excluding carboxylic acids is 1. The van der Waals surface area contributed by atoms with E-state index in [9.17, 15) is 4.79 Å². The number of carbonyl (C=O) groups is 1. The highest BCUT2D eigenvalue weighted by molar-refractivity contribution is 5.90. The van der Waals surface area contributed by atoms with Gasteiger partial charge >= 0.3 is 5.97 Å². The fourth-order valence-electron chi connectivity index (χ4n) is 4.75. The number of esters is 1. The van der Waals surface area contributed by atoms with E-state index in [1.807, 2.05) is 18.3 Å². The molecular weight excluding hydrogens is 386 g/mol. The fourth-order valence-corrected chi connectivity index (χ4v) is 4.75. The van der Waals surface area contributed by atoms with Gasteiger partial charge in [0.2, 0.25) is 0 Å². The second-order valence-electron chi connectivity index (χ2n) is 8.08. The third-order valence-electron chi connectivity index (χ3n) is 6.33. The minimum Gasteiger partial charge on any atom is -0.465 e. The number of piperazine rings is 1. The first-order valence-electron chi connectivity index (χ1n) is 10.7. The molecule has 3 aromatic rings. The van der Waals surface area contributed by atoms with Crippen molar-refractivity contribution in [2.24, 2.45) is 5.10 Å². The molecule has 31 heavy (non-hydrogen) atoms. The van der Waals surface area contributed by atoms with Gasteiger partial charge in [-0.05, 0) is 28.8 Å². The molecule has 0 unspecified atom stereocenters. The lowest BCUT2D eigenvalue weighted by atomic mass is 10.0. The van der Waals surface area contributed by atoms with Gasteiger partial charge in [-0.25, -0.2) is 4.79 Å². The molecule has 1 saturated heterocycles. The van der Waals surface area contributed by atoms with Gasteiger partial charge in [-0.15, -0.1) is 0 Å². The molecule has 0 atom stereocenters. The summed E-state index contributed by atoms with van der Waals surface area (Å²) >= 11 is 0. The number of hydrogen-bond donors (Lipinski definition) is 1. The monoisotopic (exact) mass is 412 g/mol. The van der Waals surface area contributed by atoms with Gasteiger partial charge < -0.3 is 9.64 Å². The quantitative estimate of drug-likeness (QED) is 0.530. The maximum absolute atomic E-state index is 11.6. The van der Waals surface area contributed by atoms with Crippen molar-refractivity contribution in [2.45, 2.75) is 6.04 Å². The van der Waals surface area contributed by atoms with Crippen LogP contribution in [0.1, 0.15) is 33.1 Å². The number of fused-ring (bicyclic) bond motifs is 3. The molecule has 5 nitrogen and oxygen atoms in total. The molecule has 0 bridgehead atoms. The van der Waals surface area contributed by atoms with Crippen LogP contribution in [0.4, 0.5) is 0 Å². The van der Waals surface area contributed by atoms with Gasteiger partial charge in [0.25, 0.3) is 0 Å². The SMILES string of the molecule is COC(=O)c1ccc(/C=N\N2CC[NH+](C3c4ccccc4-c4ccccc43)CC2)cc1. The number of benzene rings is 3. The molecule has 2 aliphatic rings. The number of quaternary nitrogens is 1. The molecule has 5 rings (SSSR count). The maximum atomic E-state index is 11.6. The van der Waals surface area contributed by atoms with E-state index >= 15 is 0 Å². The molecule has 0 spiro atoms. The summed E-state index contributed by atoms with van der Waals surface area (Å²) in [6.07, 6.45) is 1.87. The number of methoxy groups -OCH3 is 1. The smallest absolute Gasteiger partial charge is 0.337 e. The summed E-state index contributed by atoms with van der Waals surface area (Å²) < 4.78 is 4.74. The average molecular weight is 413 g/mol. The van der Waals surface area contributed by atoms with Gasteiger partial charge in [0.15, 0.2) is 0 Å². The minimum absolute atomic E-state index is 0.322. The van der Waals surface area contributed by atoms with Gasteiger partial charge in [0.05, 0.1) is 45.1 Å². The van der Waals surface area contributed by atoms with Crippen molar-refractivity contribution in [3.63, 3.8) is 0 Å². The predicted octanol–water partition coefficient (Wildman–Crippen LogP) is 2.78. The van der Waals surface area contributed by atoms with Crippen molar-refractivity contribution in [3.05, 3.63) is 95.1 Å². The number of nitrogens with zero attached hydrogens (tertiary/aromatic N) is 2. The summed E-state index contributed by atoms with van der Waals surface area (Å²) in [5.74, 6) is -0.322. The summed E-state index contributed by atoms with van der Waals surface area (Å²) in [4.78, 5) is 13.2. The Bertz CT molecular complexity index is 1070. The van der Waals surface area contributed by atoms with Crippen molar-refractivity contribution < 1.29 is 14.4 Å². The first-order valence-corrected chi connectivity index (χ1v) is 10.7. The van der Waals surface area contributed by atoms with Gasteiger partial charge in [0.1, 0.15) is 6.04 Å². The van der Waals surface area contributed by atoms with E-state index in [1.165, 1.54) is 29.4 Å². The van der Waals surface area contributed by atoms with Gasteiger partial charge in [-0.3, -0.25) is 5.01 Å². The van der Waals surface area contributed by atoms with E-state index in [-0.39, 0.29) is 5.97 Å². The Morgan fingerprint density at radius 2 is 1.52 bits per heavy atom.